The lowest BCUT2D eigenvalue weighted by Gasteiger charge is -2.15. The molecule has 0 aromatic heterocycles. The van der Waals surface area contributed by atoms with Crippen LogP contribution in [0.3, 0.4) is 0 Å². The Morgan fingerprint density at radius 2 is 2.18 bits per heavy atom. The van der Waals surface area contributed by atoms with Crippen molar-refractivity contribution in [2.24, 2.45) is 11.7 Å². The van der Waals surface area contributed by atoms with E-state index < -0.39 is 0 Å². The smallest absolute Gasteiger partial charge is 0.224 e. The van der Waals surface area contributed by atoms with Gasteiger partial charge in [0.05, 0.1) is 19.1 Å². The second kappa shape index (κ2) is 8.44. The first-order valence-corrected chi connectivity index (χ1v) is 6.35. The molecule has 0 radical (unpaired) electrons. The van der Waals surface area contributed by atoms with Gasteiger partial charge in [0.1, 0.15) is 0 Å². The molecule has 0 heterocycles. The maximum absolute atomic E-state index is 11.7. The lowest BCUT2D eigenvalue weighted by Crippen LogP contribution is -2.39. The van der Waals surface area contributed by atoms with Gasteiger partial charge in [0.25, 0.3) is 0 Å². The van der Waals surface area contributed by atoms with Crippen LogP contribution in [0.25, 0.3) is 0 Å². The minimum Gasteiger partial charge on any atom is -0.382 e. The Labute approximate surface area is 103 Å². The van der Waals surface area contributed by atoms with Crippen molar-refractivity contribution in [1.29, 1.82) is 0 Å². The Hall–Kier alpha value is -0.650. The van der Waals surface area contributed by atoms with Crippen LogP contribution in [-0.4, -0.2) is 45.4 Å². The Morgan fingerprint density at radius 1 is 1.35 bits per heavy atom. The number of carbonyl (C=O) groups is 1. The normalized spacial score (nSPS) is 23.9. The first-order chi connectivity index (χ1) is 8.25. The van der Waals surface area contributed by atoms with Gasteiger partial charge in [-0.25, -0.2) is 0 Å². The van der Waals surface area contributed by atoms with Crippen molar-refractivity contribution >= 4 is 5.91 Å². The SMILES string of the molecule is COCCOCCCNC(=O)C1CCCC1N. The van der Waals surface area contributed by atoms with E-state index in [2.05, 4.69) is 5.32 Å². The largest absolute Gasteiger partial charge is 0.382 e. The Morgan fingerprint density at radius 3 is 2.82 bits per heavy atom. The zero-order valence-electron chi connectivity index (χ0n) is 10.6. The van der Waals surface area contributed by atoms with Crippen LogP contribution in [0.1, 0.15) is 25.7 Å². The molecule has 17 heavy (non-hydrogen) atoms. The van der Waals surface area contributed by atoms with Gasteiger partial charge in [0.15, 0.2) is 0 Å². The summed E-state index contributed by atoms with van der Waals surface area (Å²) in [6.07, 6.45) is 3.80. The number of amides is 1. The fraction of sp³-hybridized carbons (Fsp3) is 0.917. The summed E-state index contributed by atoms with van der Waals surface area (Å²) in [5.41, 5.74) is 5.87. The molecule has 1 aliphatic rings. The molecule has 5 nitrogen and oxygen atoms in total. The minimum absolute atomic E-state index is 0.0180. The number of hydrogen-bond acceptors (Lipinski definition) is 4. The maximum atomic E-state index is 11.7. The fourth-order valence-corrected chi connectivity index (χ4v) is 2.08. The van der Waals surface area contributed by atoms with Crippen molar-refractivity contribution < 1.29 is 14.3 Å². The molecule has 1 saturated carbocycles. The molecule has 2 unspecified atom stereocenters. The number of nitrogens with one attached hydrogen (secondary N) is 1. The van der Waals surface area contributed by atoms with Gasteiger partial charge in [-0.15, -0.1) is 0 Å². The van der Waals surface area contributed by atoms with Gasteiger partial charge < -0.3 is 20.5 Å². The summed E-state index contributed by atoms with van der Waals surface area (Å²) in [5, 5.41) is 2.92. The van der Waals surface area contributed by atoms with E-state index in [1.807, 2.05) is 0 Å². The molecular weight excluding hydrogens is 220 g/mol. The average molecular weight is 244 g/mol. The van der Waals surface area contributed by atoms with Crippen molar-refractivity contribution in [3.8, 4) is 0 Å². The molecule has 0 aromatic rings. The Kier molecular flexibility index (Phi) is 7.16. The van der Waals surface area contributed by atoms with Gasteiger partial charge in [0.2, 0.25) is 5.91 Å². The molecule has 2 atom stereocenters. The third kappa shape index (κ3) is 5.48. The maximum Gasteiger partial charge on any atom is 0.224 e. The number of carbonyl (C=O) groups excluding carboxylic acids is 1. The van der Waals surface area contributed by atoms with E-state index in [0.29, 0.717) is 26.4 Å². The zero-order valence-corrected chi connectivity index (χ0v) is 10.6. The molecule has 1 rings (SSSR count). The summed E-state index contributed by atoms with van der Waals surface area (Å²) in [5.74, 6) is 0.122. The summed E-state index contributed by atoms with van der Waals surface area (Å²) >= 11 is 0. The molecule has 0 saturated heterocycles. The number of rotatable bonds is 8. The molecule has 1 aliphatic carbocycles. The molecule has 3 N–H and O–H groups in total. The van der Waals surface area contributed by atoms with Crippen molar-refractivity contribution in [2.45, 2.75) is 31.7 Å². The lowest BCUT2D eigenvalue weighted by molar-refractivity contribution is -0.125. The standard InChI is InChI=1S/C12H24N2O3/c1-16-8-9-17-7-3-6-14-12(15)10-4-2-5-11(10)13/h10-11H,2-9,13H2,1H3,(H,14,15). The average Bonchev–Trinajstić information content (AvgIpc) is 2.74. The van der Waals surface area contributed by atoms with Gasteiger partial charge in [-0.05, 0) is 19.3 Å². The highest BCUT2D eigenvalue weighted by Crippen LogP contribution is 2.23. The third-order valence-corrected chi connectivity index (χ3v) is 3.10. The zero-order chi connectivity index (χ0) is 12.5. The summed E-state index contributed by atoms with van der Waals surface area (Å²) < 4.78 is 10.2. The van der Waals surface area contributed by atoms with E-state index in [-0.39, 0.29) is 17.9 Å². The predicted molar refractivity (Wildman–Crippen MR) is 65.6 cm³/mol. The molecule has 0 bridgehead atoms. The van der Waals surface area contributed by atoms with Crippen molar-refractivity contribution in [2.75, 3.05) is 33.5 Å². The molecule has 0 aliphatic heterocycles. The summed E-state index contributed by atoms with van der Waals surface area (Å²) in [6, 6.07) is 0.0490. The monoisotopic (exact) mass is 244 g/mol. The third-order valence-electron chi connectivity index (χ3n) is 3.10. The summed E-state index contributed by atoms with van der Waals surface area (Å²) in [6.45, 7) is 2.54. The van der Waals surface area contributed by atoms with Gasteiger partial charge in [-0.2, -0.15) is 0 Å². The van der Waals surface area contributed by atoms with Crippen molar-refractivity contribution in [3.63, 3.8) is 0 Å². The lowest BCUT2D eigenvalue weighted by atomic mass is 10.0. The first-order valence-electron chi connectivity index (χ1n) is 6.35. The van der Waals surface area contributed by atoms with Crippen LogP contribution in [0.2, 0.25) is 0 Å². The number of nitrogens with two attached hydrogens (primary N) is 1. The molecular formula is C12H24N2O3. The van der Waals surface area contributed by atoms with E-state index in [9.17, 15) is 4.79 Å². The van der Waals surface area contributed by atoms with Crippen LogP contribution < -0.4 is 11.1 Å². The molecule has 5 heteroatoms. The van der Waals surface area contributed by atoms with E-state index >= 15 is 0 Å². The van der Waals surface area contributed by atoms with Crippen LogP contribution in [-0.2, 0) is 14.3 Å². The first kappa shape index (κ1) is 14.4. The fourth-order valence-electron chi connectivity index (χ4n) is 2.08. The van der Waals surface area contributed by atoms with Crippen LogP contribution in [0, 0.1) is 5.92 Å². The Bertz CT molecular complexity index is 224. The minimum atomic E-state index is 0.0180. The highest BCUT2D eigenvalue weighted by Gasteiger charge is 2.29. The van der Waals surface area contributed by atoms with Gasteiger partial charge in [0, 0.05) is 26.3 Å². The van der Waals surface area contributed by atoms with E-state index in [4.69, 9.17) is 15.2 Å². The van der Waals surface area contributed by atoms with Gasteiger partial charge in [-0.3, -0.25) is 4.79 Å². The van der Waals surface area contributed by atoms with Crippen LogP contribution in [0.4, 0.5) is 0 Å². The summed E-state index contributed by atoms with van der Waals surface area (Å²) in [4.78, 5) is 11.7. The second-order valence-corrected chi connectivity index (χ2v) is 4.45. The Balaban J connectivity index is 1.97. The van der Waals surface area contributed by atoms with E-state index in [1.54, 1.807) is 7.11 Å². The second-order valence-electron chi connectivity index (χ2n) is 4.45. The molecule has 0 spiro atoms. The van der Waals surface area contributed by atoms with Crippen LogP contribution in [0.15, 0.2) is 0 Å². The number of methoxy groups -OCH3 is 1. The van der Waals surface area contributed by atoms with E-state index in [0.717, 1.165) is 25.7 Å². The molecule has 1 fully saturated rings. The van der Waals surface area contributed by atoms with Crippen LogP contribution in [0.5, 0.6) is 0 Å². The number of hydrogen-bond donors (Lipinski definition) is 2. The molecule has 100 valence electrons. The predicted octanol–water partition coefficient (Wildman–Crippen LogP) is 0.283. The summed E-state index contributed by atoms with van der Waals surface area (Å²) in [7, 11) is 1.65. The molecule has 1 amide bonds. The van der Waals surface area contributed by atoms with Crippen molar-refractivity contribution in [3.05, 3.63) is 0 Å². The van der Waals surface area contributed by atoms with Gasteiger partial charge >= 0.3 is 0 Å². The number of ether oxygens (including phenoxy) is 2. The molecule has 0 aromatic carbocycles. The van der Waals surface area contributed by atoms with Gasteiger partial charge in [-0.1, -0.05) is 6.42 Å². The van der Waals surface area contributed by atoms with Crippen molar-refractivity contribution in [1.82, 2.24) is 5.32 Å². The van der Waals surface area contributed by atoms with E-state index in [1.165, 1.54) is 0 Å². The highest BCUT2D eigenvalue weighted by molar-refractivity contribution is 5.79. The quantitative estimate of drug-likeness (QED) is 0.602. The van der Waals surface area contributed by atoms with Crippen LogP contribution >= 0.6 is 0 Å². The topological polar surface area (TPSA) is 73.6 Å². The highest BCUT2D eigenvalue weighted by atomic mass is 16.5.